The van der Waals surface area contributed by atoms with Gasteiger partial charge in [-0.3, -0.25) is 14.4 Å². The SMILES string of the molecule is C=C(C)C1CC=C(C(=O)C2=C(C)C(=O)c3ccccc3C2=O)CC1. The van der Waals surface area contributed by atoms with Gasteiger partial charge in [0.2, 0.25) is 0 Å². The average Bonchev–Trinajstić information content (AvgIpc) is 2.60. The molecule has 0 radical (unpaired) electrons. The summed E-state index contributed by atoms with van der Waals surface area (Å²) in [7, 11) is 0. The second-order valence-electron chi connectivity index (χ2n) is 6.58. The summed E-state index contributed by atoms with van der Waals surface area (Å²) in [4.78, 5) is 38.1. The number of carbonyl (C=O) groups is 3. The molecule has 0 heterocycles. The Kier molecular flexibility index (Phi) is 4.18. The average molecular weight is 320 g/mol. The van der Waals surface area contributed by atoms with Crippen LogP contribution < -0.4 is 0 Å². The number of Topliss-reactive ketones (excluding diaryl/α,β-unsaturated/α-hetero) is 3. The van der Waals surface area contributed by atoms with Gasteiger partial charge in [0.05, 0.1) is 5.57 Å². The van der Waals surface area contributed by atoms with Gasteiger partial charge in [-0.05, 0) is 44.6 Å². The quantitative estimate of drug-likeness (QED) is 0.618. The second-order valence-corrected chi connectivity index (χ2v) is 6.58. The molecule has 3 nitrogen and oxygen atoms in total. The van der Waals surface area contributed by atoms with Crippen molar-refractivity contribution >= 4 is 17.3 Å². The summed E-state index contributed by atoms with van der Waals surface area (Å²) < 4.78 is 0. The van der Waals surface area contributed by atoms with Gasteiger partial charge in [-0.15, -0.1) is 0 Å². The van der Waals surface area contributed by atoms with Crippen LogP contribution in [0.5, 0.6) is 0 Å². The Bertz CT molecular complexity index is 836. The Hall–Kier alpha value is -2.55. The van der Waals surface area contributed by atoms with Crippen LogP contribution in [0, 0.1) is 5.92 Å². The van der Waals surface area contributed by atoms with Crippen molar-refractivity contribution in [2.75, 3.05) is 0 Å². The number of fused-ring (bicyclic) bond motifs is 1. The minimum absolute atomic E-state index is 0.0405. The fourth-order valence-corrected chi connectivity index (χ4v) is 3.42. The molecule has 0 N–H and O–H groups in total. The largest absolute Gasteiger partial charge is 0.289 e. The fraction of sp³-hybridized carbons (Fsp3) is 0.286. The van der Waals surface area contributed by atoms with Crippen molar-refractivity contribution < 1.29 is 14.4 Å². The second kappa shape index (κ2) is 6.16. The lowest BCUT2D eigenvalue weighted by molar-refractivity contribution is -0.112. The molecule has 122 valence electrons. The van der Waals surface area contributed by atoms with Crippen LogP contribution in [-0.4, -0.2) is 17.3 Å². The van der Waals surface area contributed by atoms with Crippen molar-refractivity contribution in [3.8, 4) is 0 Å². The molecule has 0 aromatic heterocycles. The molecule has 2 aliphatic rings. The van der Waals surface area contributed by atoms with Crippen LogP contribution in [0.25, 0.3) is 0 Å². The fourth-order valence-electron chi connectivity index (χ4n) is 3.42. The molecular formula is C21H20O3. The summed E-state index contributed by atoms with van der Waals surface area (Å²) in [6.45, 7) is 7.55. The third-order valence-corrected chi connectivity index (χ3v) is 4.99. The molecule has 0 fully saturated rings. The van der Waals surface area contributed by atoms with Crippen LogP contribution in [0.2, 0.25) is 0 Å². The first kappa shape index (κ1) is 16.3. The van der Waals surface area contributed by atoms with Crippen molar-refractivity contribution in [1.82, 2.24) is 0 Å². The maximum Gasteiger partial charge on any atom is 0.198 e. The molecule has 1 aromatic rings. The van der Waals surface area contributed by atoms with E-state index in [0.29, 0.717) is 29.0 Å². The van der Waals surface area contributed by atoms with Crippen LogP contribution in [0.1, 0.15) is 53.8 Å². The van der Waals surface area contributed by atoms with Gasteiger partial charge in [0, 0.05) is 16.7 Å². The minimum Gasteiger partial charge on any atom is -0.289 e. The molecular weight excluding hydrogens is 300 g/mol. The zero-order chi connectivity index (χ0) is 17.4. The van der Waals surface area contributed by atoms with Crippen LogP contribution in [0.3, 0.4) is 0 Å². The maximum atomic E-state index is 12.9. The lowest BCUT2D eigenvalue weighted by Gasteiger charge is -2.23. The van der Waals surface area contributed by atoms with Crippen LogP contribution in [-0.2, 0) is 4.79 Å². The maximum absolute atomic E-state index is 12.9. The van der Waals surface area contributed by atoms with Gasteiger partial charge in [-0.1, -0.05) is 42.5 Å². The van der Waals surface area contributed by atoms with Gasteiger partial charge in [-0.2, -0.15) is 0 Å². The molecule has 0 spiro atoms. The Morgan fingerprint density at radius 2 is 1.75 bits per heavy atom. The molecule has 24 heavy (non-hydrogen) atoms. The number of allylic oxidation sites excluding steroid dienone is 5. The first-order valence-electron chi connectivity index (χ1n) is 8.20. The highest BCUT2D eigenvalue weighted by atomic mass is 16.2. The van der Waals surface area contributed by atoms with E-state index in [1.165, 1.54) is 0 Å². The highest BCUT2D eigenvalue weighted by Gasteiger charge is 2.35. The topological polar surface area (TPSA) is 51.2 Å². The van der Waals surface area contributed by atoms with E-state index in [-0.39, 0.29) is 28.5 Å². The van der Waals surface area contributed by atoms with E-state index < -0.39 is 0 Å². The van der Waals surface area contributed by atoms with E-state index in [1.54, 1.807) is 31.2 Å². The molecule has 0 bridgehead atoms. The minimum atomic E-state index is -0.337. The molecule has 3 heteroatoms. The van der Waals surface area contributed by atoms with E-state index >= 15 is 0 Å². The van der Waals surface area contributed by atoms with Crippen LogP contribution in [0.4, 0.5) is 0 Å². The zero-order valence-corrected chi connectivity index (χ0v) is 14.0. The Balaban J connectivity index is 1.96. The predicted molar refractivity (Wildman–Crippen MR) is 93.0 cm³/mol. The third kappa shape index (κ3) is 2.60. The van der Waals surface area contributed by atoms with Crippen LogP contribution in [0.15, 0.2) is 59.2 Å². The first-order chi connectivity index (χ1) is 11.4. The Labute approximate surface area is 141 Å². The van der Waals surface area contributed by atoms with Gasteiger partial charge in [0.25, 0.3) is 0 Å². The Morgan fingerprint density at radius 3 is 2.29 bits per heavy atom. The van der Waals surface area contributed by atoms with Crippen molar-refractivity contribution in [3.63, 3.8) is 0 Å². The highest BCUT2D eigenvalue weighted by Crippen LogP contribution is 2.33. The van der Waals surface area contributed by atoms with Gasteiger partial charge in [-0.25, -0.2) is 0 Å². The Morgan fingerprint density at radius 1 is 1.12 bits per heavy atom. The van der Waals surface area contributed by atoms with E-state index in [0.717, 1.165) is 18.4 Å². The molecule has 0 saturated heterocycles. The molecule has 1 unspecified atom stereocenters. The molecule has 0 saturated carbocycles. The normalized spacial score (nSPS) is 20.6. The van der Waals surface area contributed by atoms with Gasteiger partial charge < -0.3 is 0 Å². The zero-order valence-electron chi connectivity index (χ0n) is 14.0. The lowest BCUT2D eigenvalue weighted by atomic mass is 9.78. The van der Waals surface area contributed by atoms with Crippen LogP contribution >= 0.6 is 0 Å². The molecule has 2 aliphatic carbocycles. The summed E-state index contributed by atoms with van der Waals surface area (Å²) >= 11 is 0. The van der Waals surface area contributed by atoms with Crippen molar-refractivity contribution in [3.05, 3.63) is 70.3 Å². The summed E-state index contributed by atoms with van der Waals surface area (Å²) in [5.74, 6) is -0.470. The highest BCUT2D eigenvalue weighted by molar-refractivity contribution is 6.39. The monoisotopic (exact) mass is 320 g/mol. The summed E-state index contributed by atoms with van der Waals surface area (Å²) in [6, 6.07) is 6.69. The molecule has 0 aliphatic heterocycles. The number of benzene rings is 1. The number of rotatable bonds is 3. The van der Waals surface area contributed by atoms with E-state index in [9.17, 15) is 14.4 Å². The summed E-state index contributed by atoms with van der Waals surface area (Å²) in [5.41, 5.74) is 2.77. The predicted octanol–water partition coefficient (Wildman–Crippen LogP) is 4.25. The van der Waals surface area contributed by atoms with Crippen molar-refractivity contribution in [2.24, 2.45) is 5.92 Å². The first-order valence-corrected chi connectivity index (χ1v) is 8.20. The summed E-state index contributed by atoms with van der Waals surface area (Å²) in [6.07, 6.45) is 4.15. The van der Waals surface area contributed by atoms with Crippen molar-refractivity contribution in [2.45, 2.75) is 33.1 Å². The molecule has 1 atom stereocenters. The number of carbonyl (C=O) groups excluding carboxylic acids is 3. The van der Waals surface area contributed by atoms with Gasteiger partial charge in [0.1, 0.15) is 0 Å². The van der Waals surface area contributed by atoms with E-state index in [4.69, 9.17) is 0 Å². The van der Waals surface area contributed by atoms with E-state index in [1.807, 2.05) is 13.0 Å². The van der Waals surface area contributed by atoms with Crippen molar-refractivity contribution in [1.29, 1.82) is 0 Å². The smallest absolute Gasteiger partial charge is 0.198 e. The third-order valence-electron chi connectivity index (χ3n) is 4.99. The van der Waals surface area contributed by atoms with E-state index in [2.05, 4.69) is 6.58 Å². The standard InChI is InChI=1S/C21H20O3/c1-12(2)14-8-10-15(11-9-14)20(23)18-13(3)19(22)16-6-4-5-7-17(16)21(18)24/h4-7,10,14H,1,8-9,11H2,2-3H3. The molecule has 1 aromatic carbocycles. The molecule has 3 rings (SSSR count). The lowest BCUT2D eigenvalue weighted by Crippen LogP contribution is -2.27. The van der Waals surface area contributed by atoms with Gasteiger partial charge >= 0.3 is 0 Å². The van der Waals surface area contributed by atoms with Gasteiger partial charge in [0.15, 0.2) is 17.3 Å². The summed E-state index contributed by atoms with van der Waals surface area (Å²) in [5, 5.41) is 0. The molecule has 0 amide bonds. The number of hydrogen-bond acceptors (Lipinski definition) is 3. The number of hydrogen-bond donors (Lipinski definition) is 0. The number of ketones is 3.